The van der Waals surface area contributed by atoms with Gasteiger partial charge < -0.3 is 16.0 Å². The molecule has 0 radical (unpaired) electrons. The summed E-state index contributed by atoms with van der Waals surface area (Å²) < 4.78 is 15.1. The number of halogens is 2. The van der Waals surface area contributed by atoms with Gasteiger partial charge in [0.1, 0.15) is 16.8 Å². The highest BCUT2D eigenvalue weighted by atomic mass is 79.9. The molecule has 0 bridgehead atoms. The molecule has 3 amide bonds. The predicted octanol–water partition coefficient (Wildman–Crippen LogP) is 7.86. The molecule has 0 aliphatic heterocycles. The Balaban J connectivity index is 1.37. The molecule has 0 saturated carbocycles. The van der Waals surface area contributed by atoms with Gasteiger partial charge in [-0.3, -0.25) is 19.4 Å². The lowest BCUT2D eigenvalue weighted by molar-refractivity contribution is -0.116. The first-order chi connectivity index (χ1) is 21.9. The van der Waals surface area contributed by atoms with Gasteiger partial charge in [-0.2, -0.15) is 0 Å². The molecule has 1 unspecified atom stereocenters. The Labute approximate surface area is 272 Å². The van der Waals surface area contributed by atoms with E-state index in [-0.39, 0.29) is 11.4 Å². The molecule has 1 aromatic heterocycles. The van der Waals surface area contributed by atoms with E-state index in [1.54, 1.807) is 85.2 Å². The zero-order valence-electron chi connectivity index (χ0n) is 23.6. The molecule has 1 heterocycles. The smallest absolute Gasteiger partial charge is 0.272 e. The normalized spacial score (nSPS) is 11.7. The molecule has 4 aromatic carbocycles. The molecular weight excluding hydrogens is 655 g/mol. The fourth-order valence-electron chi connectivity index (χ4n) is 4.24. The number of amides is 3. The molecule has 10 heteroatoms. The van der Waals surface area contributed by atoms with Crippen LogP contribution in [0.15, 0.2) is 143 Å². The van der Waals surface area contributed by atoms with Gasteiger partial charge in [-0.25, -0.2) is 4.39 Å². The summed E-state index contributed by atoms with van der Waals surface area (Å²) in [4.78, 5) is 44.6. The fourth-order valence-corrected chi connectivity index (χ4v) is 5.66. The summed E-state index contributed by atoms with van der Waals surface area (Å²) in [5, 5.41) is 7.52. The molecule has 224 valence electrons. The van der Waals surface area contributed by atoms with Crippen molar-refractivity contribution >= 4 is 62.9 Å². The summed E-state index contributed by atoms with van der Waals surface area (Å²) in [5.41, 5.74) is 2.27. The zero-order chi connectivity index (χ0) is 31.6. The maximum atomic E-state index is 14.5. The second kappa shape index (κ2) is 15.1. The first kappa shape index (κ1) is 31.4. The highest BCUT2D eigenvalue weighted by molar-refractivity contribution is 9.10. The predicted molar refractivity (Wildman–Crippen MR) is 179 cm³/mol. The number of aromatic nitrogens is 1. The third kappa shape index (κ3) is 8.75. The van der Waals surface area contributed by atoms with Gasteiger partial charge in [0.2, 0.25) is 5.91 Å². The van der Waals surface area contributed by atoms with E-state index in [9.17, 15) is 18.8 Å². The number of rotatable bonds is 10. The van der Waals surface area contributed by atoms with Crippen molar-refractivity contribution in [2.24, 2.45) is 0 Å². The van der Waals surface area contributed by atoms with Crippen molar-refractivity contribution in [2.75, 3.05) is 10.6 Å². The lowest BCUT2D eigenvalue weighted by Gasteiger charge is -2.18. The minimum Gasteiger partial charge on any atom is -0.322 e. The topological polar surface area (TPSA) is 100 Å². The fraction of sp³-hybridized carbons (Fsp3) is 0.0286. The number of benzene rings is 4. The summed E-state index contributed by atoms with van der Waals surface area (Å²) in [6.45, 7) is 0. The molecule has 5 aromatic rings. The first-order valence-electron chi connectivity index (χ1n) is 13.7. The first-order valence-corrected chi connectivity index (χ1v) is 15.4. The van der Waals surface area contributed by atoms with E-state index in [4.69, 9.17) is 0 Å². The Morgan fingerprint density at radius 1 is 0.822 bits per heavy atom. The van der Waals surface area contributed by atoms with Crippen LogP contribution in [-0.4, -0.2) is 22.7 Å². The quantitative estimate of drug-likeness (QED) is 0.103. The molecule has 7 nitrogen and oxygen atoms in total. The third-order valence-corrected chi connectivity index (χ3v) is 8.14. The minimum absolute atomic E-state index is 0.0213. The second-order valence-corrected chi connectivity index (χ2v) is 11.8. The van der Waals surface area contributed by atoms with E-state index >= 15 is 0 Å². The van der Waals surface area contributed by atoms with Crippen LogP contribution >= 0.6 is 27.7 Å². The Morgan fingerprint density at radius 2 is 1.58 bits per heavy atom. The van der Waals surface area contributed by atoms with Crippen LogP contribution in [0.4, 0.5) is 15.8 Å². The molecule has 3 N–H and O–H groups in total. The van der Waals surface area contributed by atoms with Crippen molar-refractivity contribution in [3.05, 3.63) is 160 Å². The largest absolute Gasteiger partial charge is 0.322 e. The number of carbonyl (C=O) groups is 3. The number of hydrogen-bond acceptors (Lipinski definition) is 5. The van der Waals surface area contributed by atoms with E-state index in [2.05, 4.69) is 36.9 Å². The van der Waals surface area contributed by atoms with E-state index in [1.165, 1.54) is 23.9 Å². The van der Waals surface area contributed by atoms with Gasteiger partial charge in [-0.05, 0) is 71.8 Å². The minimum atomic E-state index is -0.730. The molecular formula is C35H26BrFN4O3S. The molecule has 5 rings (SSSR count). The van der Waals surface area contributed by atoms with Crippen LogP contribution in [-0.2, 0) is 9.59 Å². The molecule has 1 atom stereocenters. The Morgan fingerprint density at radius 3 is 2.29 bits per heavy atom. The van der Waals surface area contributed by atoms with E-state index in [0.29, 0.717) is 26.2 Å². The van der Waals surface area contributed by atoms with Gasteiger partial charge in [0.05, 0.1) is 5.69 Å². The van der Waals surface area contributed by atoms with Crippen molar-refractivity contribution in [3.63, 3.8) is 0 Å². The summed E-state index contributed by atoms with van der Waals surface area (Å²) in [7, 11) is 0. The standard InChI is InChI=1S/C35H26BrFN4O3S/c36-26-16-17-30(29(37)20-26)40-35(44)32(24-10-3-1-4-11-24)45-28-15-7-14-27(21-28)39-34(43)31(19-23-9-8-18-38-22-23)41-33(42)25-12-5-2-6-13-25/h1-22,32H,(H,39,43)(H,40,44)(H,41,42)/b31-19-. The summed E-state index contributed by atoms with van der Waals surface area (Å²) in [5.74, 6) is -1.96. The van der Waals surface area contributed by atoms with Gasteiger partial charge in [0.25, 0.3) is 11.8 Å². The third-order valence-electron chi connectivity index (χ3n) is 6.40. The average molecular weight is 682 g/mol. The summed E-state index contributed by atoms with van der Waals surface area (Å²) in [6, 6.07) is 32.6. The summed E-state index contributed by atoms with van der Waals surface area (Å²) in [6.07, 6.45) is 4.73. The van der Waals surface area contributed by atoms with Crippen LogP contribution in [0.2, 0.25) is 0 Å². The molecule has 0 spiro atoms. The monoisotopic (exact) mass is 680 g/mol. The highest BCUT2D eigenvalue weighted by Crippen LogP contribution is 2.37. The zero-order valence-corrected chi connectivity index (χ0v) is 26.0. The maximum Gasteiger partial charge on any atom is 0.272 e. The van der Waals surface area contributed by atoms with Crippen LogP contribution in [0.1, 0.15) is 26.7 Å². The number of nitrogens with zero attached hydrogens (tertiary/aromatic N) is 1. The van der Waals surface area contributed by atoms with Crippen LogP contribution in [0, 0.1) is 5.82 Å². The number of carbonyl (C=O) groups excluding carboxylic acids is 3. The van der Waals surface area contributed by atoms with Gasteiger partial charge in [0, 0.05) is 33.0 Å². The number of thioether (sulfide) groups is 1. The lowest BCUT2D eigenvalue weighted by atomic mass is 10.1. The van der Waals surface area contributed by atoms with Crippen molar-refractivity contribution in [3.8, 4) is 0 Å². The highest BCUT2D eigenvalue weighted by Gasteiger charge is 2.24. The average Bonchev–Trinajstić information content (AvgIpc) is 3.06. The van der Waals surface area contributed by atoms with Crippen molar-refractivity contribution in [2.45, 2.75) is 10.1 Å². The van der Waals surface area contributed by atoms with Crippen LogP contribution in [0.3, 0.4) is 0 Å². The Hall–Kier alpha value is -5.06. The number of pyridine rings is 1. The molecule has 0 saturated heterocycles. The van der Waals surface area contributed by atoms with E-state index < -0.39 is 28.8 Å². The Kier molecular flexibility index (Phi) is 10.5. The molecule has 45 heavy (non-hydrogen) atoms. The lowest BCUT2D eigenvalue weighted by Crippen LogP contribution is -2.30. The number of hydrogen-bond donors (Lipinski definition) is 3. The van der Waals surface area contributed by atoms with Gasteiger partial charge >= 0.3 is 0 Å². The molecule has 0 aliphatic carbocycles. The van der Waals surface area contributed by atoms with Crippen molar-refractivity contribution < 1.29 is 18.8 Å². The van der Waals surface area contributed by atoms with Crippen LogP contribution in [0.5, 0.6) is 0 Å². The van der Waals surface area contributed by atoms with Gasteiger partial charge in [-0.15, -0.1) is 11.8 Å². The number of anilines is 2. The van der Waals surface area contributed by atoms with Gasteiger partial charge in [0.15, 0.2) is 0 Å². The van der Waals surface area contributed by atoms with Crippen molar-refractivity contribution in [1.29, 1.82) is 0 Å². The maximum absolute atomic E-state index is 14.5. The molecule has 0 aliphatic rings. The van der Waals surface area contributed by atoms with Crippen LogP contribution in [0.25, 0.3) is 6.08 Å². The summed E-state index contributed by atoms with van der Waals surface area (Å²) >= 11 is 4.48. The second-order valence-electron chi connectivity index (χ2n) is 9.67. The van der Waals surface area contributed by atoms with E-state index in [0.717, 1.165) is 5.56 Å². The molecule has 0 fully saturated rings. The van der Waals surface area contributed by atoms with Crippen molar-refractivity contribution in [1.82, 2.24) is 10.3 Å². The van der Waals surface area contributed by atoms with Crippen LogP contribution < -0.4 is 16.0 Å². The number of nitrogens with one attached hydrogen (secondary N) is 3. The Bertz CT molecular complexity index is 1840. The van der Waals surface area contributed by atoms with Gasteiger partial charge in [-0.1, -0.05) is 76.6 Å². The van der Waals surface area contributed by atoms with E-state index in [1.807, 2.05) is 36.4 Å². The SMILES string of the molecule is O=C(Nc1cccc(SC(C(=O)Nc2ccc(Br)cc2F)c2ccccc2)c1)/C(=C/c1cccnc1)NC(=O)c1ccccc1.